The largest absolute Gasteiger partial charge is 0.497 e. The van der Waals surface area contributed by atoms with Crippen LogP contribution in [0.5, 0.6) is 5.75 Å². The van der Waals surface area contributed by atoms with Crippen molar-refractivity contribution in [1.82, 2.24) is 4.90 Å². The van der Waals surface area contributed by atoms with E-state index in [0.29, 0.717) is 0 Å². The van der Waals surface area contributed by atoms with Gasteiger partial charge in [-0.15, -0.1) is 0 Å². The first-order valence-electron chi connectivity index (χ1n) is 5.90. The number of amidine groups is 1. The highest BCUT2D eigenvalue weighted by molar-refractivity contribution is 6.00. The van der Waals surface area contributed by atoms with E-state index in [4.69, 9.17) is 10.5 Å². The third kappa shape index (κ3) is 2.77. The van der Waals surface area contributed by atoms with Gasteiger partial charge in [0.25, 0.3) is 0 Å². The number of aliphatic imine (C=N–C) groups is 1. The summed E-state index contributed by atoms with van der Waals surface area (Å²) in [6.45, 7) is 4.66. The molecule has 0 fully saturated rings. The van der Waals surface area contributed by atoms with Gasteiger partial charge in [-0.1, -0.05) is 12.1 Å². The maximum Gasteiger partial charge on any atom is 0.131 e. The molecule has 2 N–H and O–H groups in total. The summed E-state index contributed by atoms with van der Waals surface area (Å²) in [4.78, 5) is 6.78. The molecule has 0 bridgehead atoms. The maximum absolute atomic E-state index is 5.85. The number of rotatable bonds is 4. The fourth-order valence-corrected chi connectivity index (χ4v) is 2.04. The molecule has 1 aromatic carbocycles. The van der Waals surface area contributed by atoms with Crippen LogP contribution < -0.4 is 10.5 Å². The zero-order chi connectivity index (χ0) is 12.3. The Kier molecular flexibility index (Phi) is 3.64. The second kappa shape index (κ2) is 5.19. The van der Waals surface area contributed by atoms with Crippen LogP contribution in [-0.4, -0.2) is 43.5 Å². The Morgan fingerprint density at radius 3 is 3.06 bits per heavy atom. The Labute approximate surface area is 102 Å². The van der Waals surface area contributed by atoms with E-state index < -0.39 is 0 Å². The number of hydrogen-bond donors (Lipinski definition) is 1. The van der Waals surface area contributed by atoms with Crippen molar-refractivity contribution in [3.8, 4) is 5.75 Å². The maximum atomic E-state index is 5.85. The molecule has 92 valence electrons. The molecule has 4 nitrogen and oxygen atoms in total. The molecule has 0 radical (unpaired) electrons. The highest BCUT2D eigenvalue weighted by atomic mass is 16.5. The summed E-state index contributed by atoms with van der Waals surface area (Å²) >= 11 is 0. The monoisotopic (exact) mass is 233 g/mol. The fraction of sp³-hybridized carbons (Fsp3) is 0.462. The van der Waals surface area contributed by atoms with Crippen molar-refractivity contribution in [2.75, 3.05) is 26.7 Å². The smallest absolute Gasteiger partial charge is 0.131 e. The molecule has 1 heterocycles. The lowest BCUT2D eigenvalue weighted by Gasteiger charge is -2.22. The number of ether oxygens (including phenoxy) is 1. The predicted octanol–water partition coefficient (Wildman–Crippen LogP) is 1.10. The highest BCUT2D eigenvalue weighted by Gasteiger charge is 2.19. The molecule has 1 aliphatic rings. The summed E-state index contributed by atoms with van der Waals surface area (Å²) in [6.07, 6.45) is 0. The normalized spacial score (nSPS) is 16.9. The van der Waals surface area contributed by atoms with Crippen molar-refractivity contribution in [3.63, 3.8) is 0 Å². The lowest BCUT2D eigenvalue weighted by atomic mass is 10.1. The molecule has 0 saturated carbocycles. The summed E-state index contributed by atoms with van der Waals surface area (Å²) in [5, 5.41) is 0. The SMILES string of the molecule is COc1cccc(C2=NCCN2CC(C)N)c1. The van der Waals surface area contributed by atoms with Crippen LogP contribution in [0.25, 0.3) is 0 Å². The summed E-state index contributed by atoms with van der Waals surface area (Å²) in [5.41, 5.74) is 6.95. The lowest BCUT2D eigenvalue weighted by Crippen LogP contribution is -2.38. The van der Waals surface area contributed by atoms with Crippen molar-refractivity contribution >= 4 is 5.84 Å². The molecule has 1 atom stereocenters. The van der Waals surface area contributed by atoms with E-state index in [9.17, 15) is 0 Å². The summed E-state index contributed by atoms with van der Waals surface area (Å²) in [6, 6.07) is 8.15. The van der Waals surface area contributed by atoms with Crippen LogP contribution >= 0.6 is 0 Å². The van der Waals surface area contributed by atoms with Crippen molar-refractivity contribution in [1.29, 1.82) is 0 Å². The molecule has 4 heteroatoms. The number of nitrogens with zero attached hydrogens (tertiary/aromatic N) is 2. The lowest BCUT2D eigenvalue weighted by molar-refractivity contribution is 0.413. The van der Waals surface area contributed by atoms with E-state index in [1.54, 1.807) is 7.11 Å². The molecule has 0 aliphatic carbocycles. The molecule has 2 rings (SSSR count). The Morgan fingerprint density at radius 1 is 1.53 bits per heavy atom. The first-order valence-corrected chi connectivity index (χ1v) is 5.90. The van der Waals surface area contributed by atoms with E-state index in [2.05, 4.69) is 16.0 Å². The zero-order valence-electron chi connectivity index (χ0n) is 10.4. The van der Waals surface area contributed by atoms with Gasteiger partial charge in [-0.2, -0.15) is 0 Å². The molecule has 0 amide bonds. The predicted molar refractivity (Wildman–Crippen MR) is 69.6 cm³/mol. The third-order valence-electron chi connectivity index (χ3n) is 2.77. The van der Waals surface area contributed by atoms with Gasteiger partial charge in [-0.25, -0.2) is 0 Å². The van der Waals surface area contributed by atoms with Crippen molar-refractivity contribution in [3.05, 3.63) is 29.8 Å². The number of benzene rings is 1. The third-order valence-corrected chi connectivity index (χ3v) is 2.77. The molecule has 0 saturated heterocycles. The average molecular weight is 233 g/mol. The van der Waals surface area contributed by atoms with Crippen molar-refractivity contribution in [2.24, 2.45) is 10.7 Å². The number of methoxy groups -OCH3 is 1. The second-order valence-corrected chi connectivity index (χ2v) is 4.36. The average Bonchev–Trinajstić information content (AvgIpc) is 2.76. The number of hydrogen-bond acceptors (Lipinski definition) is 4. The molecule has 17 heavy (non-hydrogen) atoms. The summed E-state index contributed by atoms with van der Waals surface area (Å²) in [5.74, 6) is 1.89. The zero-order valence-corrected chi connectivity index (χ0v) is 10.4. The highest BCUT2D eigenvalue weighted by Crippen LogP contribution is 2.17. The van der Waals surface area contributed by atoms with Crippen LogP contribution in [0.2, 0.25) is 0 Å². The van der Waals surface area contributed by atoms with Crippen LogP contribution in [0.1, 0.15) is 12.5 Å². The van der Waals surface area contributed by atoms with E-state index in [1.807, 2.05) is 25.1 Å². The van der Waals surface area contributed by atoms with Gasteiger partial charge in [0.05, 0.1) is 13.7 Å². The Morgan fingerprint density at radius 2 is 2.35 bits per heavy atom. The van der Waals surface area contributed by atoms with Crippen LogP contribution in [-0.2, 0) is 0 Å². The topological polar surface area (TPSA) is 50.8 Å². The van der Waals surface area contributed by atoms with Gasteiger partial charge in [-0.3, -0.25) is 4.99 Å². The van der Waals surface area contributed by atoms with Gasteiger partial charge >= 0.3 is 0 Å². The number of nitrogens with two attached hydrogens (primary N) is 1. The Balaban J connectivity index is 2.20. The van der Waals surface area contributed by atoms with Gasteiger partial charge < -0.3 is 15.4 Å². The molecule has 0 spiro atoms. The molecule has 1 aliphatic heterocycles. The van der Waals surface area contributed by atoms with Gasteiger partial charge in [0.1, 0.15) is 11.6 Å². The summed E-state index contributed by atoms with van der Waals surface area (Å²) < 4.78 is 5.23. The van der Waals surface area contributed by atoms with Gasteiger partial charge in [-0.05, 0) is 19.1 Å². The first kappa shape index (κ1) is 11.9. The Hall–Kier alpha value is -1.55. The molecular formula is C13H19N3O. The standard InChI is InChI=1S/C13H19N3O/c1-10(14)9-16-7-6-15-13(16)11-4-3-5-12(8-11)17-2/h3-5,8,10H,6-7,9,14H2,1-2H3. The van der Waals surface area contributed by atoms with Crippen LogP contribution in [0.4, 0.5) is 0 Å². The van der Waals surface area contributed by atoms with Crippen molar-refractivity contribution < 1.29 is 4.74 Å². The van der Waals surface area contributed by atoms with E-state index in [-0.39, 0.29) is 6.04 Å². The van der Waals surface area contributed by atoms with Crippen LogP contribution in [0.3, 0.4) is 0 Å². The Bertz CT molecular complexity index is 415. The molecule has 1 unspecified atom stereocenters. The quantitative estimate of drug-likeness (QED) is 0.847. The van der Waals surface area contributed by atoms with Crippen molar-refractivity contribution in [2.45, 2.75) is 13.0 Å². The van der Waals surface area contributed by atoms with Crippen LogP contribution in [0.15, 0.2) is 29.3 Å². The summed E-state index contributed by atoms with van der Waals surface area (Å²) in [7, 11) is 1.68. The van der Waals surface area contributed by atoms with E-state index >= 15 is 0 Å². The van der Waals surface area contributed by atoms with Gasteiger partial charge in [0, 0.05) is 24.7 Å². The molecule has 1 aromatic rings. The second-order valence-electron chi connectivity index (χ2n) is 4.36. The molecule has 0 aromatic heterocycles. The minimum Gasteiger partial charge on any atom is -0.497 e. The van der Waals surface area contributed by atoms with Gasteiger partial charge in [0.15, 0.2) is 0 Å². The van der Waals surface area contributed by atoms with Gasteiger partial charge in [0.2, 0.25) is 0 Å². The van der Waals surface area contributed by atoms with E-state index in [0.717, 1.165) is 36.8 Å². The molecular weight excluding hydrogens is 214 g/mol. The minimum atomic E-state index is 0.156. The minimum absolute atomic E-state index is 0.156. The van der Waals surface area contributed by atoms with E-state index in [1.165, 1.54) is 0 Å². The van der Waals surface area contributed by atoms with Crippen LogP contribution in [0, 0.1) is 0 Å². The first-order chi connectivity index (χ1) is 8.20. The fourth-order valence-electron chi connectivity index (χ4n) is 2.04.